The number of nitrogens with zero attached hydrogens (tertiary/aromatic N) is 1. The van der Waals surface area contributed by atoms with Crippen LogP contribution in [0.3, 0.4) is 0 Å². The Balaban J connectivity index is 1.67. The van der Waals surface area contributed by atoms with Crippen molar-refractivity contribution in [1.29, 1.82) is 5.41 Å². The van der Waals surface area contributed by atoms with E-state index in [2.05, 4.69) is 20.4 Å². The van der Waals surface area contributed by atoms with Gasteiger partial charge in [-0.2, -0.15) is 0 Å². The van der Waals surface area contributed by atoms with Crippen molar-refractivity contribution in [1.82, 2.24) is 10.3 Å². The molecule has 0 radical (unpaired) electrons. The molecule has 8 nitrogen and oxygen atoms in total. The molecular weight excluding hydrogens is 396 g/mol. The van der Waals surface area contributed by atoms with E-state index >= 15 is 0 Å². The van der Waals surface area contributed by atoms with Crippen molar-refractivity contribution in [3.63, 3.8) is 0 Å². The zero-order valence-electron chi connectivity index (χ0n) is 16.1. The number of ether oxygens (including phenoxy) is 1. The molecule has 3 rings (SSSR count). The Morgan fingerprint density at radius 1 is 1.33 bits per heavy atom. The summed E-state index contributed by atoms with van der Waals surface area (Å²) in [6.07, 6.45) is 0.475. The average Bonchev–Trinajstić information content (AvgIpc) is 2.69. The van der Waals surface area contributed by atoms with E-state index in [-0.39, 0.29) is 17.1 Å². The number of aromatic nitrogens is 1. The molecule has 0 aliphatic heterocycles. The van der Waals surface area contributed by atoms with E-state index in [1.807, 2.05) is 30.3 Å². The van der Waals surface area contributed by atoms with E-state index in [0.29, 0.717) is 12.8 Å². The first-order valence-corrected chi connectivity index (χ1v) is 9.39. The number of hydrogen-bond acceptors (Lipinski definition) is 6. The molecule has 30 heavy (non-hydrogen) atoms. The molecule has 1 aliphatic rings. The van der Waals surface area contributed by atoms with Crippen molar-refractivity contribution in [3.8, 4) is 0 Å². The first kappa shape index (κ1) is 21.4. The lowest BCUT2D eigenvalue weighted by Gasteiger charge is -2.43. The number of carbonyl (C=O) groups is 1. The van der Waals surface area contributed by atoms with Crippen LogP contribution in [-0.2, 0) is 4.74 Å². The number of benzene rings is 1. The number of hydrogen-bond donors (Lipinski definition) is 5. The highest BCUT2D eigenvalue weighted by atomic mass is 19.3. The fraction of sp³-hybridized carbons (Fsp3) is 0.350. The summed E-state index contributed by atoms with van der Waals surface area (Å²) < 4.78 is 29.1. The molecule has 10 heteroatoms. The Hall–Kier alpha value is -3.27. The Labute approximate surface area is 172 Å². The number of urea groups is 1. The van der Waals surface area contributed by atoms with Gasteiger partial charge in [-0.05, 0) is 24.8 Å². The maximum atomic E-state index is 12.5. The van der Waals surface area contributed by atoms with E-state index in [9.17, 15) is 18.7 Å². The van der Waals surface area contributed by atoms with Crippen LogP contribution in [0, 0.1) is 5.41 Å². The third-order valence-electron chi connectivity index (χ3n) is 4.94. The summed E-state index contributed by atoms with van der Waals surface area (Å²) in [5.74, 6) is -0.435. The van der Waals surface area contributed by atoms with Gasteiger partial charge in [0.25, 0.3) is 6.43 Å². The lowest BCUT2D eigenvalue weighted by Crippen LogP contribution is -2.51. The topological polar surface area (TPSA) is 133 Å². The summed E-state index contributed by atoms with van der Waals surface area (Å²) in [7, 11) is 0. The van der Waals surface area contributed by atoms with E-state index in [4.69, 9.17) is 11.1 Å². The lowest BCUT2D eigenvalue weighted by atomic mass is 9.72. The van der Waals surface area contributed by atoms with Crippen LogP contribution in [0.4, 0.5) is 25.1 Å². The van der Waals surface area contributed by atoms with Crippen molar-refractivity contribution in [2.45, 2.75) is 37.3 Å². The summed E-state index contributed by atoms with van der Waals surface area (Å²) in [6, 6.07) is 9.28. The second-order valence-corrected chi connectivity index (χ2v) is 7.09. The highest BCUT2D eigenvalue weighted by Gasteiger charge is 2.43. The van der Waals surface area contributed by atoms with Gasteiger partial charge in [0.05, 0.1) is 17.2 Å². The summed E-state index contributed by atoms with van der Waals surface area (Å²) in [6.45, 7) is -0.926. The Morgan fingerprint density at radius 3 is 2.60 bits per heavy atom. The molecule has 1 heterocycles. The Kier molecular flexibility index (Phi) is 6.46. The molecule has 1 saturated carbocycles. The minimum atomic E-state index is -2.72. The summed E-state index contributed by atoms with van der Waals surface area (Å²) in [5, 5.41) is 23.8. The quantitative estimate of drug-likeness (QED) is 0.347. The average molecular weight is 419 g/mol. The normalized spacial score (nSPS) is 15.7. The second kappa shape index (κ2) is 9.04. The third kappa shape index (κ3) is 5.01. The van der Waals surface area contributed by atoms with Crippen LogP contribution in [0.2, 0.25) is 0 Å². The number of carbonyl (C=O) groups excluding carboxylic acids is 1. The third-order valence-corrected chi connectivity index (χ3v) is 4.94. The molecule has 2 aromatic rings. The molecule has 1 fully saturated rings. The molecule has 1 aliphatic carbocycles. The maximum absolute atomic E-state index is 12.5. The van der Waals surface area contributed by atoms with Crippen LogP contribution < -0.4 is 16.4 Å². The predicted molar refractivity (Wildman–Crippen MR) is 108 cm³/mol. The van der Waals surface area contributed by atoms with Gasteiger partial charge in [-0.15, -0.1) is 0 Å². The number of halogens is 2. The van der Waals surface area contributed by atoms with Gasteiger partial charge in [0.1, 0.15) is 5.82 Å². The minimum Gasteiger partial charge on any atom is -0.471 e. The molecular formula is C20H23F2N5O3. The summed E-state index contributed by atoms with van der Waals surface area (Å²) >= 11 is 0. The van der Waals surface area contributed by atoms with Crippen molar-refractivity contribution >= 4 is 23.4 Å². The van der Waals surface area contributed by atoms with Crippen molar-refractivity contribution in [3.05, 3.63) is 53.7 Å². The monoisotopic (exact) mass is 419 g/mol. The van der Waals surface area contributed by atoms with Crippen molar-refractivity contribution in [2.75, 3.05) is 17.7 Å². The zero-order valence-corrected chi connectivity index (χ0v) is 16.1. The highest BCUT2D eigenvalue weighted by molar-refractivity contribution is 5.97. The number of pyridine rings is 1. The van der Waals surface area contributed by atoms with Crippen LogP contribution in [0.5, 0.6) is 0 Å². The van der Waals surface area contributed by atoms with Crippen LogP contribution in [0.1, 0.15) is 36.4 Å². The molecule has 1 atom stereocenters. The molecule has 160 valence electrons. The number of nitrogen functional groups attached to an aromatic ring is 1. The number of nitrogens with one attached hydrogen (secondary N) is 3. The standard InChI is InChI=1S/C20H23F2N5O3/c21-15(22)11-30-18(24)13-10-25-16(9-14(13)23)26-19(28)27-17(20(29)7-4-8-20)12-5-2-1-3-6-12/h1-3,5-6,9-10,15,17,24,29H,4,7-8,11H2,(H4,23,25,26,27,28). The summed E-state index contributed by atoms with van der Waals surface area (Å²) in [5.41, 5.74) is 5.67. The molecule has 0 bridgehead atoms. The van der Waals surface area contributed by atoms with E-state index in [0.717, 1.165) is 18.2 Å². The fourth-order valence-electron chi connectivity index (χ4n) is 3.24. The minimum absolute atomic E-state index is 0.0348. The molecule has 6 N–H and O–H groups in total. The number of anilines is 2. The molecule has 1 aromatic heterocycles. The number of amides is 2. The molecule has 1 aromatic carbocycles. The Bertz CT molecular complexity index is 907. The van der Waals surface area contributed by atoms with Crippen LogP contribution >= 0.6 is 0 Å². The molecule has 2 amide bonds. The number of alkyl halides is 2. The van der Waals surface area contributed by atoms with Crippen LogP contribution in [0.25, 0.3) is 0 Å². The fourth-order valence-corrected chi connectivity index (χ4v) is 3.24. The van der Waals surface area contributed by atoms with Gasteiger partial charge >= 0.3 is 6.03 Å². The number of rotatable bonds is 7. The van der Waals surface area contributed by atoms with Crippen molar-refractivity contribution < 1.29 is 23.4 Å². The van der Waals surface area contributed by atoms with Gasteiger partial charge < -0.3 is 20.9 Å². The number of aliphatic hydroxyl groups is 1. The summed E-state index contributed by atoms with van der Waals surface area (Å²) in [4.78, 5) is 16.5. The molecule has 1 unspecified atom stereocenters. The number of nitrogens with two attached hydrogens (primary N) is 1. The van der Waals surface area contributed by atoms with Crippen molar-refractivity contribution in [2.24, 2.45) is 0 Å². The first-order chi connectivity index (χ1) is 14.3. The van der Waals surface area contributed by atoms with E-state index in [1.54, 1.807) is 0 Å². The zero-order chi connectivity index (χ0) is 21.7. The van der Waals surface area contributed by atoms with Gasteiger partial charge in [0.2, 0.25) is 5.90 Å². The predicted octanol–water partition coefficient (Wildman–Crippen LogP) is 3.05. The van der Waals surface area contributed by atoms with E-state index in [1.165, 1.54) is 6.07 Å². The lowest BCUT2D eigenvalue weighted by molar-refractivity contribution is -0.0627. The maximum Gasteiger partial charge on any atom is 0.320 e. The van der Waals surface area contributed by atoms with Gasteiger partial charge in [-0.3, -0.25) is 10.7 Å². The highest BCUT2D eigenvalue weighted by Crippen LogP contribution is 2.42. The molecule has 0 spiro atoms. The largest absolute Gasteiger partial charge is 0.471 e. The first-order valence-electron chi connectivity index (χ1n) is 9.39. The van der Waals surface area contributed by atoms with Gasteiger partial charge in [0.15, 0.2) is 6.61 Å². The Morgan fingerprint density at radius 2 is 2.03 bits per heavy atom. The molecule has 0 saturated heterocycles. The van der Waals surface area contributed by atoms with E-state index < -0.39 is 36.6 Å². The van der Waals surface area contributed by atoms with Crippen LogP contribution in [0.15, 0.2) is 42.6 Å². The second-order valence-electron chi connectivity index (χ2n) is 7.09. The van der Waals surface area contributed by atoms with Crippen LogP contribution in [-0.4, -0.2) is 40.7 Å². The SMILES string of the molecule is N=C(OCC(F)F)c1cnc(NC(=O)NC(c2ccccc2)C2(O)CCC2)cc1N. The van der Waals surface area contributed by atoms with Gasteiger partial charge in [-0.25, -0.2) is 18.6 Å². The van der Waals surface area contributed by atoms with Gasteiger partial charge in [-0.1, -0.05) is 30.3 Å². The van der Waals surface area contributed by atoms with Gasteiger partial charge in [0, 0.05) is 18.0 Å². The smallest absolute Gasteiger partial charge is 0.320 e.